The summed E-state index contributed by atoms with van der Waals surface area (Å²) in [6, 6.07) is 18.1. The molecule has 1 atom stereocenters. The molecule has 2 aliphatic rings. The summed E-state index contributed by atoms with van der Waals surface area (Å²) >= 11 is -0.922. The summed E-state index contributed by atoms with van der Waals surface area (Å²) in [5, 5.41) is 0. The van der Waals surface area contributed by atoms with Gasteiger partial charge in [0.2, 0.25) is 0 Å². The van der Waals surface area contributed by atoms with E-state index in [2.05, 4.69) is 74.5 Å². The van der Waals surface area contributed by atoms with Crippen molar-refractivity contribution in [1.82, 2.24) is 0 Å². The largest absolute Gasteiger partial charge is 1.00 e. The fourth-order valence-corrected chi connectivity index (χ4v) is 10.00. The normalized spacial score (nSPS) is 17.9. The zero-order valence-electron chi connectivity index (χ0n) is 13.2. The Morgan fingerprint density at radius 2 is 1.35 bits per heavy atom. The van der Waals surface area contributed by atoms with Crippen LogP contribution in [0.3, 0.4) is 0 Å². The van der Waals surface area contributed by atoms with Gasteiger partial charge >= 0.3 is 138 Å². The monoisotopic (exact) mass is 508 g/mol. The van der Waals surface area contributed by atoms with Gasteiger partial charge in [-0.15, -0.1) is 0 Å². The molecule has 116 valence electrons. The third kappa shape index (κ3) is 3.16. The molecule has 0 aliphatic heterocycles. The van der Waals surface area contributed by atoms with Crippen molar-refractivity contribution < 1.29 is 47.7 Å². The summed E-state index contributed by atoms with van der Waals surface area (Å²) in [6.07, 6.45) is 4.71. The van der Waals surface area contributed by atoms with Gasteiger partial charge < -0.3 is 24.8 Å². The Bertz CT molecular complexity index is 731. The molecule has 1 unspecified atom stereocenters. The molecule has 0 saturated carbocycles. The molecule has 0 amide bonds. The van der Waals surface area contributed by atoms with Gasteiger partial charge in [0, 0.05) is 0 Å². The SMILES string of the molecule is CC1=[C]([Hf+2][CH]2c3ccccc3-c3ccccc32)C(C)C=C1.[Cl-].[Cl-]. The van der Waals surface area contributed by atoms with E-state index in [4.69, 9.17) is 0 Å². The van der Waals surface area contributed by atoms with Crippen LogP contribution in [0.25, 0.3) is 11.1 Å². The molecule has 0 N–H and O–H groups in total. The molecule has 0 fully saturated rings. The maximum atomic E-state index is 2.38. The zero-order valence-corrected chi connectivity index (χ0v) is 18.3. The molecule has 0 nitrogen and oxygen atoms in total. The number of hydrogen-bond donors (Lipinski definition) is 0. The molecule has 2 aromatic rings. The summed E-state index contributed by atoms with van der Waals surface area (Å²) < 4.78 is 2.51. The molecule has 2 aromatic carbocycles. The topological polar surface area (TPSA) is 0 Å². The minimum absolute atomic E-state index is 0. The second kappa shape index (κ2) is 7.51. The molecule has 0 saturated heterocycles. The van der Waals surface area contributed by atoms with Crippen molar-refractivity contribution in [1.29, 1.82) is 0 Å². The van der Waals surface area contributed by atoms with Crippen LogP contribution >= 0.6 is 0 Å². The predicted octanol–water partition coefficient (Wildman–Crippen LogP) is -0.673. The van der Waals surface area contributed by atoms with Crippen LogP contribution in [0, 0.1) is 5.92 Å². The van der Waals surface area contributed by atoms with Gasteiger partial charge in [-0.1, -0.05) is 0 Å². The fraction of sp³-hybridized carbons (Fsp3) is 0.200. The second-order valence-electron chi connectivity index (χ2n) is 6.00. The molecule has 0 bridgehead atoms. The van der Waals surface area contributed by atoms with E-state index >= 15 is 0 Å². The van der Waals surface area contributed by atoms with E-state index in [1.54, 1.807) is 20.0 Å². The summed E-state index contributed by atoms with van der Waals surface area (Å²) in [5.41, 5.74) is 7.67. The smallest absolute Gasteiger partial charge is 1.00 e. The van der Waals surface area contributed by atoms with Crippen molar-refractivity contribution in [2.75, 3.05) is 0 Å². The van der Waals surface area contributed by atoms with Crippen LogP contribution in [0.15, 0.2) is 69.6 Å². The molecular weight excluding hydrogens is 490 g/mol. The summed E-state index contributed by atoms with van der Waals surface area (Å²) in [5.74, 6) is 0.674. The van der Waals surface area contributed by atoms with E-state index in [-0.39, 0.29) is 24.8 Å². The van der Waals surface area contributed by atoms with Crippen LogP contribution in [0.4, 0.5) is 0 Å². The number of rotatable bonds is 2. The van der Waals surface area contributed by atoms with Crippen LogP contribution in [-0.2, 0) is 22.9 Å². The average Bonchev–Trinajstić information content (AvgIpc) is 3.01. The average molecular weight is 508 g/mol. The van der Waals surface area contributed by atoms with Crippen LogP contribution in [0.5, 0.6) is 0 Å². The Balaban J connectivity index is 0.000000960. The molecule has 0 heterocycles. The Kier molecular flexibility index (Phi) is 6.10. The molecule has 0 aromatic heterocycles. The third-order valence-corrected chi connectivity index (χ3v) is 12.1. The van der Waals surface area contributed by atoms with Gasteiger partial charge in [-0.2, -0.15) is 0 Å². The second-order valence-corrected chi connectivity index (χ2v) is 11.0. The van der Waals surface area contributed by atoms with E-state index in [0.717, 1.165) is 0 Å². The number of fused-ring (bicyclic) bond motifs is 3. The van der Waals surface area contributed by atoms with Gasteiger partial charge in [-0.25, -0.2) is 0 Å². The Hall–Kier alpha value is -0.630. The molecule has 2 aliphatic carbocycles. The molecule has 0 radical (unpaired) electrons. The van der Waals surface area contributed by atoms with Crippen LogP contribution in [-0.4, -0.2) is 0 Å². The first-order valence-electron chi connectivity index (χ1n) is 7.59. The minimum Gasteiger partial charge on any atom is -1.00 e. The van der Waals surface area contributed by atoms with Gasteiger partial charge in [0.25, 0.3) is 0 Å². The standard InChI is InChI=1S/C13H9.C7H9.2ClH.Hf/c1-3-7-12-10(5-1)9-11-6-2-4-8-13(11)12;1-6-3-4-7(2)5-6;;;/h1-9H;3-4,6H,1-2H3;2*1H;/q;;;;+2/p-2. The van der Waals surface area contributed by atoms with E-state index < -0.39 is 22.9 Å². The Morgan fingerprint density at radius 3 is 1.83 bits per heavy atom. The summed E-state index contributed by atoms with van der Waals surface area (Å²) in [7, 11) is 0. The Labute approximate surface area is 162 Å². The summed E-state index contributed by atoms with van der Waals surface area (Å²) in [6.45, 7) is 4.66. The number of allylic oxidation sites excluding steroid dienone is 4. The first kappa shape index (κ1) is 18.7. The molecule has 0 spiro atoms. The van der Waals surface area contributed by atoms with Gasteiger partial charge in [-0.05, 0) is 0 Å². The van der Waals surface area contributed by atoms with Gasteiger partial charge in [0.15, 0.2) is 0 Å². The van der Waals surface area contributed by atoms with Crippen LogP contribution in [0.1, 0.15) is 28.6 Å². The number of halogens is 2. The summed E-state index contributed by atoms with van der Waals surface area (Å²) in [4.78, 5) is 0. The molecule has 3 heteroatoms. The van der Waals surface area contributed by atoms with Crippen molar-refractivity contribution in [2.45, 2.75) is 17.5 Å². The third-order valence-electron chi connectivity index (χ3n) is 4.65. The van der Waals surface area contributed by atoms with Crippen molar-refractivity contribution in [3.8, 4) is 11.1 Å². The number of hydrogen-bond acceptors (Lipinski definition) is 0. The van der Waals surface area contributed by atoms with Crippen molar-refractivity contribution in [2.24, 2.45) is 5.92 Å². The first-order chi connectivity index (χ1) is 10.3. The molecule has 4 rings (SSSR count). The van der Waals surface area contributed by atoms with Crippen LogP contribution in [0.2, 0.25) is 0 Å². The van der Waals surface area contributed by atoms with E-state index in [1.165, 1.54) is 11.1 Å². The van der Waals surface area contributed by atoms with Crippen molar-refractivity contribution >= 4 is 0 Å². The van der Waals surface area contributed by atoms with E-state index in [0.29, 0.717) is 9.59 Å². The maximum absolute atomic E-state index is 2.38. The van der Waals surface area contributed by atoms with Gasteiger partial charge in [-0.3, -0.25) is 0 Å². The van der Waals surface area contributed by atoms with E-state index in [9.17, 15) is 0 Å². The van der Waals surface area contributed by atoms with Crippen molar-refractivity contribution in [3.63, 3.8) is 0 Å². The Morgan fingerprint density at radius 1 is 0.826 bits per heavy atom. The van der Waals surface area contributed by atoms with Crippen molar-refractivity contribution in [3.05, 3.63) is 80.7 Å². The molecule has 23 heavy (non-hydrogen) atoms. The minimum atomic E-state index is -0.922. The fourth-order valence-electron chi connectivity index (χ4n) is 3.55. The first-order valence-corrected chi connectivity index (χ1v) is 11.5. The maximum Gasteiger partial charge on any atom is -1.00 e. The number of benzene rings is 2. The molecular formula is C20H18Cl2Hf. The zero-order chi connectivity index (χ0) is 14.4. The van der Waals surface area contributed by atoms with Crippen LogP contribution < -0.4 is 24.8 Å². The van der Waals surface area contributed by atoms with Gasteiger partial charge in [0.05, 0.1) is 0 Å². The predicted molar refractivity (Wildman–Crippen MR) is 84.7 cm³/mol. The quantitative estimate of drug-likeness (QED) is 0.473. The van der Waals surface area contributed by atoms with E-state index in [1.807, 2.05) is 0 Å². The van der Waals surface area contributed by atoms with Gasteiger partial charge in [0.1, 0.15) is 0 Å².